The molecule has 5 heteroatoms. The van der Waals surface area contributed by atoms with Crippen molar-refractivity contribution >= 4 is 11.7 Å². The van der Waals surface area contributed by atoms with Crippen molar-refractivity contribution in [2.24, 2.45) is 0 Å². The van der Waals surface area contributed by atoms with Crippen molar-refractivity contribution in [1.29, 1.82) is 0 Å². The normalized spacial score (nSPS) is 10.4. The van der Waals surface area contributed by atoms with Crippen LogP contribution in [0.25, 0.3) is 0 Å². The molecule has 0 unspecified atom stereocenters. The first kappa shape index (κ1) is 16.4. The van der Waals surface area contributed by atoms with Gasteiger partial charge in [0.15, 0.2) is 0 Å². The van der Waals surface area contributed by atoms with Crippen LogP contribution < -0.4 is 5.32 Å². The molecule has 5 nitrogen and oxygen atoms in total. The quantitative estimate of drug-likeness (QED) is 0.794. The van der Waals surface area contributed by atoms with Gasteiger partial charge in [-0.25, -0.2) is 9.97 Å². The molecule has 1 rings (SSSR count). The monoisotopic (exact) mass is 278 g/mol. The highest BCUT2D eigenvalue weighted by molar-refractivity contribution is 5.93. The third-order valence-electron chi connectivity index (χ3n) is 2.89. The van der Waals surface area contributed by atoms with Crippen molar-refractivity contribution in [3.63, 3.8) is 0 Å². The average molecular weight is 278 g/mol. The molecular weight excluding hydrogens is 252 g/mol. The third-order valence-corrected chi connectivity index (χ3v) is 2.89. The Morgan fingerprint density at radius 2 is 1.80 bits per heavy atom. The van der Waals surface area contributed by atoms with E-state index < -0.39 is 0 Å². The summed E-state index contributed by atoms with van der Waals surface area (Å²) in [5, 5.41) is 3.21. The molecule has 0 aliphatic heterocycles. The maximum atomic E-state index is 12.5. The predicted octanol–water partition coefficient (Wildman–Crippen LogP) is 2.87. The molecule has 0 atom stereocenters. The zero-order valence-corrected chi connectivity index (χ0v) is 13.1. The van der Waals surface area contributed by atoms with Gasteiger partial charge >= 0.3 is 0 Å². The number of amides is 1. The van der Waals surface area contributed by atoms with E-state index in [1.54, 1.807) is 6.07 Å². The summed E-state index contributed by atoms with van der Waals surface area (Å²) in [6.45, 7) is 10.5. The van der Waals surface area contributed by atoms with Crippen LogP contribution in [0.1, 0.15) is 56.3 Å². The highest BCUT2D eigenvalue weighted by Crippen LogP contribution is 2.10. The third kappa shape index (κ3) is 4.79. The lowest BCUT2D eigenvalue weighted by atomic mass is 10.2. The Kier molecular flexibility index (Phi) is 6.98. The minimum absolute atomic E-state index is 0.00116. The number of rotatable bonds is 8. The first-order chi connectivity index (χ1) is 9.62. The molecule has 0 fully saturated rings. The summed E-state index contributed by atoms with van der Waals surface area (Å²) >= 11 is 0. The van der Waals surface area contributed by atoms with Crippen LogP contribution in [0.15, 0.2) is 6.07 Å². The standard InChI is InChI=1S/C15H26N4O/c1-5-8-16-14-11-13(17-12(4)18-14)15(20)19(9-6-2)10-7-3/h11H,5-10H2,1-4H3,(H,16,17,18). The van der Waals surface area contributed by atoms with Crippen molar-refractivity contribution in [1.82, 2.24) is 14.9 Å². The Labute approximate surface area is 121 Å². The summed E-state index contributed by atoms with van der Waals surface area (Å²) in [5.41, 5.74) is 0.484. The van der Waals surface area contributed by atoms with Gasteiger partial charge in [-0.1, -0.05) is 20.8 Å². The zero-order chi connectivity index (χ0) is 15.0. The summed E-state index contributed by atoms with van der Waals surface area (Å²) in [5.74, 6) is 1.36. The van der Waals surface area contributed by atoms with E-state index in [0.29, 0.717) is 11.5 Å². The van der Waals surface area contributed by atoms with Crippen LogP contribution in [0, 0.1) is 6.92 Å². The van der Waals surface area contributed by atoms with Gasteiger partial charge in [-0.15, -0.1) is 0 Å². The smallest absolute Gasteiger partial charge is 0.272 e. The van der Waals surface area contributed by atoms with Crippen LogP contribution in [0.2, 0.25) is 0 Å². The zero-order valence-electron chi connectivity index (χ0n) is 13.1. The molecular formula is C15H26N4O. The molecule has 0 aliphatic rings. The number of aromatic nitrogens is 2. The summed E-state index contributed by atoms with van der Waals surface area (Å²) in [7, 11) is 0. The fourth-order valence-electron chi connectivity index (χ4n) is 2.04. The molecule has 0 bridgehead atoms. The Hall–Kier alpha value is -1.65. The number of nitrogens with one attached hydrogen (secondary N) is 1. The van der Waals surface area contributed by atoms with Gasteiger partial charge in [-0.05, 0) is 26.2 Å². The highest BCUT2D eigenvalue weighted by atomic mass is 16.2. The topological polar surface area (TPSA) is 58.1 Å². The number of anilines is 1. The predicted molar refractivity (Wildman–Crippen MR) is 82.0 cm³/mol. The average Bonchev–Trinajstić information content (AvgIpc) is 2.43. The van der Waals surface area contributed by atoms with Crippen LogP contribution in [-0.2, 0) is 0 Å². The van der Waals surface area contributed by atoms with E-state index in [1.807, 2.05) is 11.8 Å². The fourth-order valence-corrected chi connectivity index (χ4v) is 2.04. The van der Waals surface area contributed by atoms with Crippen LogP contribution in [0.3, 0.4) is 0 Å². The van der Waals surface area contributed by atoms with E-state index in [-0.39, 0.29) is 5.91 Å². The number of carbonyl (C=O) groups is 1. The van der Waals surface area contributed by atoms with Crippen molar-refractivity contribution in [3.05, 3.63) is 17.6 Å². The molecule has 1 aromatic rings. The number of carbonyl (C=O) groups excluding carboxylic acids is 1. The number of hydrogen-bond donors (Lipinski definition) is 1. The minimum atomic E-state index is -0.00116. The maximum Gasteiger partial charge on any atom is 0.272 e. The van der Waals surface area contributed by atoms with E-state index in [4.69, 9.17) is 0 Å². The second-order valence-electron chi connectivity index (χ2n) is 4.90. The molecule has 1 aromatic heterocycles. The van der Waals surface area contributed by atoms with Gasteiger partial charge in [0.2, 0.25) is 0 Å². The summed E-state index contributed by atoms with van der Waals surface area (Å²) in [6, 6.07) is 1.75. The number of nitrogens with zero attached hydrogens (tertiary/aromatic N) is 3. The maximum absolute atomic E-state index is 12.5. The van der Waals surface area contributed by atoms with E-state index in [1.165, 1.54) is 0 Å². The molecule has 112 valence electrons. The van der Waals surface area contributed by atoms with Crippen molar-refractivity contribution in [2.45, 2.75) is 47.0 Å². The van der Waals surface area contributed by atoms with E-state index in [0.717, 1.165) is 44.7 Å². The molecule has 0 spiro atoms. The van der Waals surface area contributed by atoms with Crippen molar-refractivity contribution < 1.29 is 4.79 Å². The molecule has 0 radical (unpaired) electrons. The first-order valence-electron chi connectivity index (χ1n) is 7.51. The Bertz CT molecular complexity index is 428. The van der Waals surface area contributed by atoms with Gasteiger partial charge < -0.3 is 10.2 Å². The lowest BCUT2D eigenvalue weighted by Gasteiger charge is -2.21. The SMILES string of the molecule is CCCNc1cc(C(=O)N(CCC)CCC)nc(C)n1. The van der Waals surface area contributed by atoms with Gasteiger partial charge in [0.25, 0.3) is 5.91 Å². The number of aryl methyl sites for hydroxylation is 1. The molecule has 0 saturated carbocycles. The van der Waals surface area contributed by atoms with Gasteiger partial charge in [0.1, 0.15) is 17.3 Å². The molecule has 1 N–H and O–H groups in total. The summed E-state index contributed by atoms with van der Waals surface area (Å²) in [4.78, 5) is 23.0. The van der Waals surface area contributed by atoms with E-state index in [2.05, 4.69) is 36.1 Å². The summed E-state index contributed by atoms with van der Waals surface area (Å²) in [6.07, 6.45) is 2.93. The van der Waals surface area contributed by atoms with Gasteiger partial charge in [0.05, 0.1) is 0 Å². The largest absolute Gasteiger partial charge is 0.370 e. The highest BCUT2D eigenvalue weighted by Gasteiger charge is 2.17. The Morgan fingerprint density at radius 1 is 1.15 bits per heavy atom. The molecule has 20 heavy (non-hydrogen) atoms. The van der Waals surface area contributed by atoms with Gasteiger partial charge in [-0.3, -0.25) is 4.79 Å². The minimum Gasteiger partial charge on any atom is -0.370 e. The number of hydrogen-bond acceptors (Lipinski definition) is 4. The van der Waals surface area contributed by atoms with Crippen molar-refractivity contribution in [2.75, 3.05) is 25.0 Å². The second kappa shape index (κ2) is 8.51. The molecule has 1 heterocycles. The summed E-state index contributed by atoms with van der Waals surface area (Å²) < 4.78 is 0. The molecule has 0 aliphatic carbocycles. The second-order valence-corrected chi connectivity index (χ2v) is 4.90. The Balaban J connectivity index is 2.92. The van der Waals surface area contributed by atoms with Crippen molar-refractivity contribution in [3.8, 4) is 0 Å². The van der Waals surface area contributed by atoms with E-state index in [9.17, 15) is 4.79 Å². The Morgan fingerprint density at radius 3 is 2.35 bits per heavy atom. The van der Waals surface area contributed by atoms with Crippen LogP contribution in [-0.4, -0.2) is 40.4 Å². The van der Waals surface area contributed by atoms with Crippen LogP contribution in [0.5, 0.6) is 0 Å². The fraction of sp³-hybridized carbons (Fsp3) is 0.667. The van der Waals surface area contributed by atoms with Gasteiger partial charge in [-0.2, -0.15) is 0 Å². The molecule has 0 aromatic carbocycles. The molecule has 1 amide bonds. The lowest BCUT2D eigenvalue weighted by Crippen LogP contribution is -2.33. The van der Waals surface area contributed by atoms with Crippen LogP contribution in [0.4, 0.5) is 5.82 Å². The van der Waals surface area contributed by atoms with Gasteiger partial charge in [0, 0.05) is 25.7 Å². The lowest BCUT2D eigenvalue weighted by molar-refractivity contribution is 0.0749. The molecule has 0 saturated heterocycles. The van der Waals surface area contributed by atoms with Crippen LogP contribution >= 0.6 is 0 Å². The van der Waals surface area contributed by atoms with E-state index >= 15 is 0 Å². The first-order valence-corrected chi connectivity index (χ1v) is 7.51.